The Balaban J connectivity index is 1.98. The summed E-state index contributed by atoms with van der Waals surface area (Å²) >= 11 is 5.73. The van der Waals surface area contributed by atoms with Gasteiger partial charge in [0.1, 0.15) is 0 Å². The number of nitrogens with zero attached hydrogens (tertiary/aromatic N) is 2. The van der Waals surface area contributed by atoms with E-state index in [1.807, 2.05) is 0 Å². The third-order valence-electron chi connectivity index (χ3n) is 4.17. The molecule has 0 saturated heterocycles. The molecule has 23 heavy (non-hydrogen) atoms. The lowest BCUT2D eigenvalue weighted by molar-refractivity contribution is 0.278. The molecule has 0 fully saturated rings. The van der Waals surface area contributed by atoms with Crippen molar-refractivity contribution in [1.29, 1.82) is 0 Å². The van der Waals surface area contributed by atoms with Gasteiger partial charge in [-0.2, -0.15) is 0 Å². The smallest absolute Gasteiger partial charge is 0.170 e. The first-order valence-electron chi connectivity index (χ1n) is 8.15. The van der Waals surface area contributed by atoms with Crippen LogP contribution in [0.2, 0.25) is 0 Å². The minimum Gasteiger partial charge on any atom is -0.358 e. The average Bonchev–Trinajstić information content (AvgIpc) is 2.93. The summed E-state index contributed by atoms with van der Waals surface area (Å²) < 4.78 is 2.33. The number of rotatable bonds is 1. The van der Waals surface area contributed by atoms with Crippen molar-refractivity contribution in [2.24, 2.45) is 0 Å². The summed E-state index contributed by atoms with van der Waals surface area (Å²) in [6.07, 6.45) is 2.16. The minimum absolute atomic E-state index is 0.0334. The second kappa shape index (κ2) is 6.00. The Kier molecular flexibility index (Phi) is 4.19. The molecule has 0 amide bonds. The van der Waals surface area contributed by atoms with Crippen LogP contribution < -0.4 is 5.32 Å². The number of nitrogens with one attached hydrogen (secondary N) is 1. The Hall–Kier alpha value is -1.81. The van der Waals surface area contributed by atoms with E-state index in [0.717, 1.165) is 18.2 Å². The highest BCUT2D eigenvalue weighted by Gasteiger charge is 2.31. The molecule has 1 atom stereocenters. The highest BCUT2D eigenvalue weighted by Crippen LogP contribution is 2.32. The van der Waals surface area contributed by atoms with Gasteiger partial charge in [-0.05, 0) is 57.6 Å². The van der Waals surface area contributed by atoms with Crippen LogP contribution in [0.4, 0.5) is 0 Å². The van der Waals surface area contributed by atoms with E-state index in [1.165, 1.54) is 16.8 Å². The molecule has 2 heterocycles. The van der Waals surface area contributed by atoms with Gasteiger partial charge < -0.3 is 14.8 Å². The van der Waals surface area contributed by atoms with Gasteiger partial charge in [0.15, 0.2) is 5.11 Å². The molecule has 0 radical (unpaired) electrons. The Bertz CT molecular complexity index is 694. The lowest BCUT2D eigenvalue weighted by atomic mass is 9.99. The minimum atomic E-state index is -0.0334. The fourth-order valence-electron chi connectivity index (χ4n) is 3.09. The molecule has 2 aromatic rings. The Morgan fingerprint density at radius 3 is 2.48 bits per heavy atom. The maximum Gasteiger partial charge on any atom is 0.170 e. The van der Waals surface area contributed by atoms with Crippen LogP contribution in [0.15, 0.2) is 42.6 Å². The lowest BCUT2D eigenvalue weighted by Crippen LogP contribution is -2.52. The van der Waals surface area contributed by atoms with Gasteiger partial charge >= 0.3 is 0 Å². The van der Waals surface area contributed by atoms with Gasteiger partial charge in [0, 0.05) is 30.5 Å². The van der Waals surface area contributed by atoms with Crippen LogP contribution in [0.5, 0.6) is 0 Å². The van der Waals surface area contributed by atoms with Crippen LogP contribution in [0.25, 0.3) is 0 Å². The van der Waals surface area contributed by atoms with Crippen LogP contribution in [-0.4, -0.2) is 26.7 Å². The van der Waals surface area contributed by atoms with Crippen molar-refractivity contribution in [2.45, 2.75) is 45.8 Å². The van der Waals surface area contributed by atoms with Gasteiger partial charge in [0.2, 0.25) is 0 Å². The first kappa shape index (κ1) is 16.1. The van der Waals surface area contributed by atoms with Crippen molar-refractivity contribution in [3.63, 3.8) is 0 Å². The quantitative estimate of drug-likeness (QED) is 0.803. The molecule has 4 heteroatoms. The van der Waals surface area contributed by atoms with Crippen LogP contribution in [0, 0.1) is 6.92 Å². The van der Waals surface area contributed by atoms with E-state index in [-0.39, 0.29) is 11.6 Å². The molecule has 0 aliphatic carbocycles. The molecule has 1 aromatic heterocycles. The van der Waals surface area contributed by atoms with Crippen molar-refractivity contribution < 1.29 is 0 Å². The summed E-state index contributed by atoms with van der Waals surface area (Å²) in [7, 11) is 0. The molecular weight excluding hydrogens is 302 g/mol. The normalized spacial score (nSPS) is 17.7. The molecule has 1 aliphatic heterocycles. The number of fused-ring (bicyclic) bond motifs is 1. The highest BCUT2D eigenvalue weighted by molar-refractivity contribution is 7.80. The van der Waals surface area contributed by atoms with Crippen molar-refractivity contribution >= 4 is 17.3 Å². The highest BCUT2D eigenvalue weighted by atomic mass is 32.1. The summed E-state index contributed by atoms with van der Waals surface area (Å²) in [6, 6.07) is 13.3. The van der Waals surface area contributed by atoms with Crippen LogP contribution in [0.3, 0.4) is 0 Å². The third-order valence-corrected chi connectivity index (χ3v) is 4.51. The van der Waals surface area contributed by atoms with Crippen molar-refractivity contribution in [1.82, 2.24) is 14.8 Å². The monoisotopic (exact) mass is 327 g/mol. The molecule has 3 nitrogen and oxygen atoms in total. The second-order valence-electron chi connectivity index (χ2n) is 7.31. The van der Waals surface area contributed by atoms with Gasteiger partial charge in [-0.3, -0.25) is 0 Å². The zero-order chi connectivity index (χ0) is 16.6. The zero-order valence-corrected chi connectivity index (χ0v) is 15.2. The number of hydrogen-bond donors (Lipinski definition) is 1. The van der Waals surface area contributed by atoms with Gasteiger partial charge in [0.05, 0.1) is 6.04 Å². The molecule has 1 aliphatic rings. The maximum absolute atomic E-state index is 5.73. The summed E-state index contributed by atoms with van der Waals surface area (Å²) in [5, 5.41) is 4.30. The van der Waals surface area contributed by atoms with Crippen LogP contribution in [-0.2, 0) is 6.54 Å². The van der Waals surface area contributed by atoms with Crippen molar-refractivity contribution in [2.75, 3.05) is 6.54 Å². The van der Waals surface area contributed by atoms with Crippen molar-refractivity contribution in [3.8, 4) is 0 Å². The van der Waals surface area contributed by atoms with Crippen molar-refractivity contribution in [3.05, 3.63) is 59.4 Å². The molecule has 1 aromatic carbocycles. The van der Waals surface area contributed by atoms with Gasteiger partial charge in [-0.25, -0.2) is 0 Å². The zero-order valence-electron chi connectivity index (χ0n) is 14.3. The van der Waals surface area contributed by atoms with E-state index in [4.69, 9.17) is 12.2 Å². The van der Waals surface area contributed by atoms with Crippen LogP contribution >= 0.6 is 12.2 Å². The first-order chi connectivity index (χ1) is 10.8. The first-order valence-corrected chi connectivity index (χ1v) is 8.56. The van der Waals surface area contributed by atoms with E-state index in [2.05, 4.69) is 85.1 Å². The second-order valence-corrected chi connectivity index (χ2v) is 7.70. The Morgan fingerprint density at radius 1 is 1.13 bits per heavy atom. The molecule has 0 bridgehead atoms. The lowest BCUT2D eigenvalue weighted by Gasteiger charge is -2.40. The average molecular weight is 327 g/mol. The fraction of sp³-hybridized carbons (Fsp3) is 0.421. The van der Waals surface area contributed by atoms with Gasteiger partial charge in [0.25, 0.3) is 0 Å². The Labute approximate surface area is 144 Å². The third kappa shape index (κ3) is 3.42. The summed E-state index contributed by atoms with van der Waals surface area (Å²) in [4.78, 5) is 2.32. The fourth-order valence-corrected chi connectivity index (χ4v) is 3.60. The van der Waals surface area contributed by atoms with Gasteiger partial charge in [-0.1, -0.05) is 29.8 Å². The molecular formula is C19H25N3S. The standard InChI is InChI=1S/C19H25N3S/c1-14-7-9-15(10-8-14)17-16-6-5-11-21(16)12-13-22(17)18(23)20-19(2,3)4/h5-11,17H,12-13H2,1-4H3,(H,20,23)/t17-/m1/s1. The summed E-state index contributed by atoms with van der Waals surface area (Å²) in [5.74, 6) is 0. The molecule has 0 unspecified atom stereocenters. The topological polar surface area (TPSA) is 20.2 Å². The predicted octanol–water partition coefficient (Wildman–Crippen LogP) is 3.87. The number of hydrogen-bond acceptors (Lipinski definition) is 1. The molecule has 3 rings (SSSR count). The molecule has 1 N–H and O–H groups in total. The maximum atomic E-state index is 5.73. The van der Waals surface area contributed by atoms with Crippen LogP contribution in [0.1, 0.15) is 43.6 Å². The van der Waals surface area contributed by atoms with E-state index in [9.17, 15) is 0 Å². The number of benzene rings is 1. The SMILES string of the molecule is Cc1ccc([C@@H]2c3cccn3CCN2C(=S)NC(C)(C)C)cc1. The van der Waals surface area contributed by atoms with E-state index in [1.54, 1.807) is 0 Å². The number of aryl methyl sites for hydroxylation is 1. The summed E-state index contributed by atoms with van der Waals surface area (Å²) in [6.45, 7) is 10.4. The summed E-state index contributed by atoms with van der Waals surface area (Å²) in [5.41, 5.74) is 3.84. The number of thiocarbonyl (C=S) groups is 1. The number of aromatic nitrogens is 1. The van der Waals surface area contributed by atoms with E-state index in [0.29, 0.717) is 0 Å². The molecule has 0 spiro atoms. The molecule has 122 valence electrons. The predicted molar refractivity (Wildman–Crippen MR) is 99.6 cm³/mol. The Morgan fingerprint density at radius 2 is 1.83 bits per heavy atom. The largest absolute Gasteiger partial charge is 0.358 e. The molecule has 0 saturated carbocycles. The van der Waals surface area contributed by atoms with Gasteiger partial charge in [-0.15, -0.1) is 0 Å². The van der Waals surface area contributed by atoms with E-state index >= 15 is 0 Å². The van der Waals surface area contributed by atoms with E-state index < -0.39 is 0 Å².